The van der Waals surface area contributed by atoms with E-state index in [1.165, 1.54) is 0 Å². The summed E-state index contributed by atoms with van der Waals surface area (Å²) in [5, 5.41) is 0.0500. The lowest BCUT2D eigenvalue weighted by Gasteiger charge is -2.40. The third kappa shape index (κ3) is 3.95. The number of rotatable bonds is 5. The van der Waals surface area contributed by atoms with E-state index in [0.29, 0.717) is 6.42 Å². The summed E-state index contributed by atoms with van der Waals surface area (Å²) in [4.78, 5) is 4.05. The van der Waals surface area contributed by atoms with Crippen molar-refractivity contribution in [3.05, 3.63) is 83.2 Å². The maximum absolute atomic E-state index is 8.00. The molecule has 0 aliphatic carbocycles. The van der Waals surface area contributed by atoms with E-state index in [2.05, 4.69) is 50.8 Å². The average Bonchev–Trinajstić information content (AvgIpc) is 2.54. The van der Waals surface area contributed by atoms with Gasteiger partial charge >= 0.3 is 5.72 Å². The molecule has 126 valence electrons. The Morgan fingerprint density at radius 1 is 0.917 bits per heavy atom. The predicted molar refractivity (Wildman–Crippen MR) is 103 cm³/mol. The lowest BCUT2D eigenvalue weighted by molar-refractivity contribution is 0.0981. The molecule has 1 unspecified atom stereocenters. The van der Waals surface area contributed by atoms with Crippen LogP contribution in [-0.2, 0) is 16.6 Å². The van der Waals surface area contributed by atoms with Crippen LogP contribution in [0.1, 0.15) is 31.9 Å². The molecule has 1 atom stereocenters. The summed E-state index contributed by atoms with van der Waals surface area (Å²) >= 11 is 0. The summed E-state index contributed by atoms with van der Waals surface area (Å²) < 4.78 is 6.71. The Balaban J connectivity index is 2.51. The highest BCUT2D eigenvalue weighted by Gasteiger charge is 2.50. The molecule has 0 bridgehead atoms. The minimum absolute atomic E-state index is 0.0500. The molecule has 2 aromatic carbocycles. The van der Waals surface area contributed by atoms with Crippen LogP contribution in [0, 0.1) is 6.57 Å². The fourth-order valence-corrected chi connectivity index (χ4v) is 3.86. The second-order valence-corrected chi connectivity index (χ2v) is 12.5. The molecule has 0 aliphatic rings. The number of hydrogen-bond donors (Lipinski definition) is 0. The molecular weight excluding hydrogens is 310 g/mol. The molecular formula is C21H27NOSi. The Bertz CT molecular complexity index is 698. The second kappa shape index (κ2) is 6.92. The van der Waals surface area contributed by atoms with Gasteiger partial charge < -0.3 is 4.43 Å². The molecule has 2 rings (SSSR count). The van der Waals surface area contributed by atoms with Gasteiger partial charge in [0.05, 0.1) is 12.0 Å². The predicted octanol–water partition coefficient (Wildman–Crippen LogP) is 6.02. The molecule has 0 aromatic heterocycles. The summed E-state index contributed by atoms with van der Waals surface area (Å²) in [7, 11) is -2.11. The zero-order chi connectivity index (χ0) is 17.8. The van der Waals surface area contributed by atoms with Gasteiger partial charge in [0.15, 0.2) is 0 Å². The molecule has 0 saturated carbocycles. The quantitative estimate of drug-likeness (QED) is 0.480. The summed E-state index contributed by atoms with van der Waals surface area (Å²) in [6.07, 6.45) is 0.563. The number of benzene rings is 2. The van der Waals surface area contributed by atoms with Gasteiger partial charge in [-0.2, -0.15) is 0 Å². The van der Waals surface area contributed by atoms with E-state index in [1.54, 1.807) is 0 Å². The molecule has 0 heterocycles. The summed E-state index contributed by atoms with van der Waals surface area (Å²) in [5.41, 5.74) is 1.09. The number of hydrogen-bond acceptors (Lipinski definition) is 1. The van der Waals surface area contributed by atoms with E-state index < -0.39 is 14.0 Å². The van der Waals surface area contributed by atoms with Gasteiger partial charge in [0.2, 0.25) is 8.32 Å². The lowest BCUT2D eigenvalue weighted by Crippen LogP contribution is -2.48. The van der Waals surface area contributed by atoms with Crippen molar-refractivity contribution in [2.24, 2.45) is 0 Å². The topological polar surface area (TPSA) is 13.6 Å². The minimum atomic E-state index is -2.11. The van der Waals surface area contributed by atoms with Crippen LogP contribution in [0.2, 0.25) is 18.1 Å². The fourth-order valence-electron chi connectivity index (χ4n) is 2.47. The Morgan fingerprint density at radius 2 is 1.42 bits per heavy atom. The van der Waals surface area contributed by atoms with Crippen LogP contribution in [0.3, 0.4) is 0 Å². The van der Waals surface area contributed by atoms with Crippen molar-refractivity contribution < 1.29 is 4.43 Å². The highest BCUT2D eigenvalue weighted by atomic mass is 28.4. The third-order valence-electron chi connectivity index (χ3n) is 4.92. The van der Waals surface area contributed by atoms with Crippen LogP contribution < -0.4 is 0 Å². The largest absolute Gasteiger partial charge is 0.359 e. The van der Waals surface area contributed by atoms with Gasteiger partial charge in [0, 0.05) is 0 Å². The zero-order valence-corrected chi connectivity index (χ0v) is 16.3. The van der Waals surface area contributed by atoms with Gasteiger partial charge in [0.25, 0.3) is 0 Å². The maximum Gasteiger partial charge on any atom is 0.359 e. The highest BCUT2D eigenvalue weighted by Crippen LogP contribution is 2.43. The molecule has 0 N–H and O–H groups in total. The van der Waals surface area contributed by atoms with Crippen LogP contribution in [-0.4, -0.2) is 8.32 Å². The molecule has 0 radical (unpaired) electrons. The Labute approximate surface area is 147 Å². The van der Waals surface area contributed by atoms with E-state index in [4.69, 9.17) is 11.0 Å². The van der Waals surface area contributed by atoms with E-state index in [1.807, 2.05) is 48.5 Å². The molecule has 24 heavy (non-hydrogen) atoms. The molecule has 0 fully saturated rings. The molecule has 2 aromatic rings. The van der Waals surface area contributed by atoms with Crippen molar-refractivity contribution in [1.82, 2.24) is 0 Å². The van der Waals surface area contributed by atoms with Gasteiger partial charge in [-0.3, -0.25) is 4.85 Å². The number of nitrogens with zero attached hydrogens (tertiary/aromatic N) is 1. The monoisotopic (exact) mass is 337 g/mol. The summed E-state index contributed by atoms with van der Waals surface area (Å²) in [6.45, 7) is 19.0. The lowest BCUT2D eigenvalue weighted by atomic mass is 9.96. The summed E-state index contributed by atoms with van der Waals surface area (Å²) in [5.74, 6) is 0. The van der Waals surface area contributed by atoms with Crippen molar-refractivity contribution >= 4 is 8.32 Å². The van der Waals surface area contributed by atoms with Crippen LogP contribution in [0.5, 0.6) is 0 Å². The van der Waals surface area contributed by atoms with E-state index in [0.717, 1.165) is 11.1 Å². The van der Waals surface area contributed by atoms with Crippen molar-refractivity contribution in [3.63, 3.8) is 0 Å². The fraction of sp³-hybridized carbons (Fsp3) is 0.381. The van der Waals surface area contributed by atoms with E-state index >= 15 is 0 Å². The normalized spacial score (nSPS) is 14.7. The Kier molecular flexibility index (Phi) is 5.32. The Hall–Kier alpha value is -1.89. The van der Waals surface area contributed by atoms with Gasteiger partial charge in [-0.15, -0.1) is 0 Å². The standard InChI is InChI=1S/C21H27NOSi/c1-20(2,3)24(5,6)23-21(22-4,19-15-11-8-12-16-19)17-18-13-9-7-10-14-18/h7-16H,17H2,1-3,5-6H3. The van der Waals surface area contributed by atoms with Gasteiger partial charge in [0.1, 0.15) is 0 Å². The molecule has 0 aliphatic heterocycles. The van der Waals surface area contributed by atoms with Gasteiger partial charge in [-0.05, 0) is 35.8 Å². The smallest absolute Gasteiger partial charge is 0.346 e. The molecule has 0 spiro atoms. The highest BCUT2D eigenvalue weighted by molar-refractivity contribution is 6.74. The zero-order valence-electron chi connectivity index (χ0n) is 15.3. The average molecular weight is 338 g/mol. The minimum Gasteiger partial charge on any atom is -0.346 e. The second-order valence-electron chi connectivity index (χ2n) is 7.79. The van der Waals surface area contributed by atoms with Crippen molar-refractivity contribution in [2.75, 3.05) is 0 Å². The first-order chi connectivity index (χ1) is 11.2. The maximum atomic E-state index is 8.00. The Morgan fingerprint density at radius 3 is 1.88 bits per heavy atom. The van der Waals surface area contributed by atoms with Gasteiger partial charge in [-0.1, -0.05) is 69.3 Å². The molecule has 0 saturated heterocycles. The summed E-state index contributed by atoms with van der Waals surface area (Å²) in [6, 6.07) is 20.1. The third-order valence-corrected chi connectivity index (χ3v) is 9.38. The van der Waals surface area contributed by atoms with Crippen LogP contribution in [0.15, 0.2) is 60.7 Å². The first-order valence-corrected chi connectivity index (χ1v) is 11.3. The first kappa shape index (κ1) is 18.4. The molecule has 3 heteroatoms. The van der Waals surface area contributed by atoms with Crippen LogP contribution in [0.25, 0.3) is 4.85 Å². The van der Waals surface area contributed by atoms with Crippen LogP contribution in [0.4, 0.5) is 0 Å². The van der Waals surface area contributed by atoms with Crippen molar-refractivity contribution in [2.45, 2.75) is 51.0 Å². The van der Waals surface area contributed by atoms with Crippen molar-refractivity contribution in [1.29, 1.82) is 0 Å². The first-order valence-electron chi connectivity index (χ1n) is 8.38. The molecule has 0 amide bonds. The van der Waals surface area contributed by atoms with E-state index in [-0.39, 0.29) is 5.04 Å². The SMILES string of the molecule is [C-]#[N+]C(Cc1ccccc1)(O[Si](C)(C)C(C)(C)C)c1ccccc1. The van der Waals surface area contributed by atoms with E-state index in [9.17, 15) is 0 Å². The van der Waals surface area contributed by atoms with Crippen molar-refractivity contribution in [3.8, 4) is 0 Å². The van der Waals surface area contributed by atoms with Gasteiger partial charge in [-0.25, -0.2) is 6.57 Å². The van der Waals surface area contributed by atoms with Crippen LogP contribution >= 0.6 is 0 Å². The molecule has 2 nitrogen and oxygen atoms in total.